The summed E-state index contributed by atoms with van der Waals surface area (Å²) in [6, 6.07) is 5.24. The minimum Gasteiger partial charge on any atom is -0.377 e. The third-order valence-corrected chi connectivity index (χ3v) is 4.63. The van der Waals surface area contributed by atoms with Gasteiger partial charge >= 0.3 is 0 Å². The molecule has 4 heteroatoms. The first-order valence-electron chi connectivity index (χ1n) is 7.76. The molecular weight excluding hydrogens is 289 g/mol. The van der Waals surface area contributed by atoms with Crippen LogP contribution < -0.4 is 5.32 Å². The van der Waals surface area contributed by atoms with Crippen LogP contribution in [0, 0.1) is 5.82 Å². The van der Waals surface area contributed by atoms with Gasteiger partial charge in [0.25, 0.3) is 0 Å². The van der Waals surface area contributed by atoms with Crippen LogP contribution in [0.25, 0.3) is 0 Å². The summed E-state index contributed by atoms with van der Waals surface area (Å²) >= 11 is 5.89. The average Bonchev–Trinajstić information content (AvgIpc) is 2.51. The Balaban J connectivity index is 3.04. The fourth-order valence-corrected chi connectivity index (χ4v) is 3.06. The van der Waals surface area contributed by atoms with Crippen LogP contribution in [0.2, 0.25) is 5.02 Å². The molecule has 1 unspecified atom stereocenters. The Kier molecular flexibility index (Phi) is 7.64. The van der Waals surface area contributed by atoms with E-state index in [1.807, 2.05) is 0 Å². The van der Waals surface area contributed by atoms with Gasteiger partial charge in [-0.25, -0.2) is 4.39 Å². The van der Waals surface area contributed by atoms with Crippen molar-refractivity contribution in [2.45, 2.75) is 58.1 Å². The predicted molar refractivity (Wildman–Crippen MR) is 87.5 cm³/mol. The number of halogens is 2. The minimum absolute atomic E-state index is 0.0606. The van der Waals surface area contributed by atoms with Crippen LogP contribution in [0.1, 0.15) is 45.6 Å². The van der Waals surface area contributed by atoms with Crippen molar-refractivity contribution in [3.05, 3.63) is 34.6 Å². The van der Waals surface area contributed by atoms with Gasteiger partial charge < -0.3 is 10.1 Å². The van der Waals surface area contributed by atoms with Crippen LogP contribution in [0.3, 0.4) is 0 Å². The van der Waals surface area contributed by atoms with E-state index in [-0.39, 0.29) is 22.5 Å². The molecule has 1 aromatic carbocycles. The van der Waals surface area contributed by atoms with Crippen molar-refractivity contribution < 1.29 is 9.13 Å². The van der Waals surface area contributed by atoms with E-state index >= 15 is 0 Å². The molecule has 0 spiro atoms. The zero-order valence-electron chi connectivity index (χ0n) is 13.5. The molecule has 0 aliphatic carbocycles. The molecule has 0 saturated heterocycles. The maximum absolute atomic E-state index is 14.2. The van der Waals surface area contributed by atoms with Crippen LogP contribution in [0.5, 0.6) is 0 Å². The molecule has 0 aliphatic rings. The van der Waals surface area contributed by atoms with Gasteiger partial charge in [0.2, 0.25) is 0 Å². The van der Waals surface area contributed by atoms with Gasteiger partial charge in [-0.15, -0.1) is 0 Å². The Morgan fingerprint density at radius 3 is 2.48 bits per heavy atom. The summed E-state index contributed by atoms with van der Waals surface area (Å²) in [4.78, 5) is 0. The van der Waals surface area contributed by atoms with Crippen molar-refractivity contribution in [2.24, 2.45) is 0 Å². The SMILES string of the molecule is CCCNC(Cc1cccc(Cl)c1F)C(CC)(CC)OC. The van der Waals surface area contributed by atoms with Crippen molar-refractivity contribution in [1.82, 2.24) is 5.32 Å². The molecular formula is C17H27ClFNO. The van der Waals surface area contributed by atoms with E-state index in [9.17, 15) is 4.39 Å². The van der Waals surface area contributed by atoms with Gasteiger partial charge in [0.15, 0.2) is 0 Å². The molecule has 0 radical (unpaired) electrons. The third kappa shape index (κ3) is 4.41. The maximum atomic E-state index is 14.2. The quantitative estimate of drug-likeness (QED) is 0.719. The molecule has 1 rings (SSSR count). The van der Waals surface area contributed by atoms with E-state index in [1.165, 1.54) is 0 Å². The molecule has 1 atom stereocenters. The van der Waals surface area contributed by atoms with Crippen molar-refractivity contribution >= 4 is 11.6 Å². The highest BCUT2D eigenvalue weighted by molar-refractivity contribution is 6.30. The summed E-state index contributed by atoms with van der Waals surface area (Å²) in [6.45, 7) is 7.23. The normalized spacial score (nSPS) is 13.4. The molecule has 0 bridgehead atoms. The van der Waals surface area contributed by atoms with Gasteiger partial charge in [-0.1, -0.05) is 44.5 Å². The van der Waals surface area contributed by atoms with Crippen molar-refractivity contribution in [3.8, 4) is 0 Å². The Labute approximate surface area is 133 Å². The number of methoxy groups -OCH3 is 1. The van der Waals surface area contributed by atoms with Crippen molar-refractivity contribution in [2.75, 3.05) is 13.7 Å². The topological polar surface area (TPSA) is 21.3 Å². The largest absolute Gasteiger partial charge is 0.377 e. The highest BCUT2D eigenvalue weighted by Crippen LogP contribution is 2.28. The predicted octanol–water partition coefficient (Wildman–Crippen LogP) is 4.60. The van der Waals surface area contributed by atoms with Crippen LogP contribution in [0.15, 0.2) is 18.2 Å². The van der Waals surface area contributed by atoms with Crippen LogP contribution >= 0.6 is 11.6 Å². The summed E-state index contributed by atoms with van der Waals surface area (Å²) < 4.78 is 20.0. The van der Waals surface area contributed by atoms with E-state index in [2.05, 4.69) is 26.1 Å². The summed E-state index contributed by atoms with van der Waals surface area (Å²) in [7, 11) is 1.74. The number of benzene rings is 1. The molecule has 2 nitrogen and oxygen atoms in total. The Morgan fingerprint density at radius 2 is 1.95 bits per heavy atom. The standard InChI is InChI=1S/C17H27ClFNO/c1-5-11-20-15(17(6-2,7-3)21-4)12-13-9-8-10-14(18)16(13)19/h8-10,15,20H,5-7,11-12H2,1-4H3. The molecule has 0 amide bonds. The molecule has 1 N–H and O–H groups in total. The van der Waals surface area contributed by atoms with Gasteiger partial charge in [-0.2, -0.15) is 0 Å². The molecule has 1 aromatic rings. The smallest absolute Gasteiger partial charge is 0.145 e. The summed E-state index contributed by atoms with van der Waals surface area (Å²) in [5.41, 5.74) is 0.351. The second-order valence-corrected chi connectivity index (χ2v) is 5.81. The second kappa shape index (κ2) is 8.72. The number of nitrogens with one attached hydrogen (secondary N) is 1. The number of ether oxygens (including phenoxy) is 1. The van der Waals surface area contributed by atoms with E-state index < -0.39 is 0 Å². The molecule has 0 fully saturated rings. The summed E-state index contributed by atoms with van der Waals surface area (Å²) in [5, 5.41) is 3.70. The van der Waals surface area contributed by atoms with Crippen LogP contribution in [-0.2, 0) is 11.2 Å². The summed E-state index contributed by atoms with van der Waals surface area (Å²) in [5.74, 6) is -0.320. The highest BCUT2D eigenvalue weighted by Gasteiger charge is 2.35. The average molecular weight is 316 g/mol. The lowest BCUT2D eigenvalue weighted by atomic mass is 9.84. The number of hydrogen-bond acceptors (Lipinski definition) is 2. The first-order valence-corrected chi connectivity index (χ1v) is 8.13. The van der Waals surface area contributed by atoms with Gasteiger partial charge in [0.1, 0.15) is 5.82 Å². The minimum atomic E-state index is -0.320. The number of rotatable bonds is 9. The Hall–Kier alpha value is -0.640. The first-order chi connectivity index (χ1) is 10.0. The van der Waals surface area contributed by atoms with E-state index in [0.29, 0.717) is 12.0 Å². The highest BCUT2D eigenvalue weighted by atomic mass is 35.5. The lowest BCUT2D eigenvalue weighted by Gasteiger charge is -2.39. The van der Waals surface area contributed by atoms with Crippen LogP contribution in [0.4, 0.5) is 4.39 Å². The monoisotopic (exact) mass is 315 g/mol. The molecule has 0 aromatic heterocycles. The fourth-order valence-electron chi connectivity index (χ4n) is 2.86. The van der Waals surface area contributed by atoms with Gasteiger partial charge in [-0.3, -0.25) is 0 Å². The van der Waals surface area contributed by atoms with Crippen molar-refractivity contribution in [3.63, 3.8) is 0 Å². The van der Waals surface area contributed by atoms with Gasteiger partial charge in [0, 0.05) is 13.2 Å². The second-order valence-electron chi connectivity index (χ2n) is 5.40. The third-order valence-electron chi connectivity index (χ3n) is 4.33. The lowest BCUT2D eigenvalue weighted by molar-refractivity contribution is -0.0473. The molecule has 0 heterocycles. The van der Waals surface area contributed by atoms with Crippen molar-refractivity contribution in [1.29, 1.82) is 0 Å². The van der Waals surface area contributed by atoms with E-state index in [1.54, 1.807) is 25.3 Å². The van der Waals surface area contributed by atoms with Crippen LogP contribution in [-0.4, -0.2) is 25.3 Å². The van der Waals surface area contributed by atoms with Gasteiger partial charge in [-0.05, 0) is 43.9 Å². The Morgan fingerprint density at radius 1 is 1.29 bits per heavy atom. The summed E-state index contributed by atoms with van der Waals surface area (Å²) in [6.07, 6.45) is 3.36. The van der Waals surface area contributed by atoms with E-state index in [4.69, 9.17) is 16.3 Å². The lowest BCUT2D eigenvalue weighted by Crippen LogP contribution is -2.53. The zero-order valence-corrected chi connectivity index (χ0v) is 14.3. The number of hydrogen-bond donors (Lipinski definition) is 1. The molecule has 120 valence electrons. The zero-order chi connectivity index (χ0) is 15.9. The van der Waals surface area contributed by atoms with Gasteiger partial charge in [0.05, 0.1) is 10.6 Å². The first kappa shape index (κ1) is 18.4. The van der Waals surface area contributed by atoms with E-state index in [0.717, 1.165) is 25.8 Å². The molecule has 0 saturated carbocycles. The maximum Gasteiger partial charge on any atom is 0.145 e. The molecule has 0 aliphatic heterocycles. The molecule has 21 heavy (non-hydrogen) atoms. The Bertz CT molecular complexity index is 427. The fraction of sp³-hybridized carbons (Fsp3) is 0.647.